The first-order valence-corrected chi connectivity index (χ1v) is 23.0. The molecule has 11 rings (SSSR count). The zero-order valence-corrected chi connectivity index (χ0v) is 38.3. The number of nitrogens with zero attached hydrogens (tertiary/aromatic N) is 3. The van der Waals surface area contributed by atoms with Crippen LogP contribution in [0.4, 0.5) is 26.3 Å². The molecule has 0 saturated heterocycles. The highest BCUT2D eigenvalue weighted by molar-refractivity contribution is 6.13. The predicted molar refractivity (Wildman–Crippen MR) is 274 cm³/mol. The van der Waals surface area contributed by atoms with Gasteiger partial charge in [-0.05, 0) is 102 Å². The van der Waals surface area contributed by atoms with Gasteiger partial charge in [-0.15, -0.1) is 0 Å². The van der Waals surface area contributed by atoms with Crippen molar-refractivity contribution in [1.82, 2.24) is 14.5 Å². The third-order valence-corrected chi connectivity index (χ3v) is 13.0. The lowest BCUT2D eigenvalue weighted by molar-refractivity contribution is -0.137. The van der Waals surface area contributed by atoms with Crippen molar-refractivity contribution in [3.05, 3.63) is 235 Å². The molecule has 2 heterocycles. The molecule has 346 valence electrons. The molecule has 0 N–H and O–H groups in total. The van der Waals surface area contributed by atoms with Crippen molar-refractivity contribution in [2.75, 3.05) is 0 Å². The standard InChI is InChI=1S/C62H41F6N3/c1-38-21-25-40(26-22-38)44-29-31-57-49(33-44)50-34-45(41-27-23-39(2)24-28-41)30-32-58(50)71(57)59-51(47-17-9-11-19-53(47)61(63,64)65)35-46(36-52(59)48-18-10-12-20-54(48)62(66,67)68)60-69-55(42-13-5-3-6-14-42)37-56(70-60)43-15-7-4-8-16-43/h3-37H,1-2H3. The molecular weight excluding hydrogens is 901 g/mol. The van der Waals surface area contributed by atoms with E-state index in [-0.39, 0.29) is 39.3 Å². The number of hydrogen-bond acceptors (Lipinski definition) is 2. The second kappa shape index (κ2) is 17.8. The average molecular weight is 942 g/mol. The summed E-state index contributed by atoms with van der Waals surface area (Å²) in [6.45, 7) is 4.02. The molecule has 0 bridgehead atoms. The van der Waals surface area contributed by atoms with Crippen LogP contribution < -0.4 is 0 Å². The maximum absolute atomic E-state index is 15.5. The van der Waals surface area contributed by atoms with Crippen molar-refractivity contribution in [2.45, 2.75) is 26.2 Å². The lowest BCUT2D eigenvalue weighted by atomic mass is 9.88. The van der Waals surface area contributed by atoms with Crippen LogP contribution in [0, 0.1) is 13.8 Å². The van der Waals surface area contributed by atoms with Gasteiger partial charge in [-0.1, -0.05) is 169 Å². The molecule has 0 radical (unpaired) electrons. The number of alkyl halides is 6. The Morgan fingerprint density at radius 1 is 0.338 bits per heavy atom. The summed E-state index contributed by atoms with van der Waals surface area (Å²) in [5.41, 5.74) is 7.56. The Labute approximate surface area is 406 Å². The number of halogens is 6. The number of rotatable bonds is 8. The van der Waals surface area contributed by atoms with Gasteiger partial charge in [-0.2, -0.15) is 26.3 Å². The molecule has 0 fully saturated rings. The topological polar surface area (TPSA) is 30.7 Å². The Kier molecular flexibility index (Phi) is 11.2. The quantitative estimate of drug-likeness (QED) is 0.142. The Balaban J connectivity index is 1.31. The van der Waals surface area contributed by atoms with Crippen molar-refractivity contribution in [3.63, 3.8) is 0 Å². The minimum atomic E-state index is -4.86. The van der Waals surface area contributed by atoms with E-state index in [1.807, 2.05) is 170 Å². The van der Waals surface area contributed by atoms with E-state index >= 15 is 26.3 Å². The number of aryl methyl sites for hydroxylation is 2. The highest BCUT2D eigenvalue weighted by atomic mass is 19.4. The van der Waals surface area contributed by atoms with Gasteiger partial charge in [0.05, 0.1) is 39.2 Å². The summed E-state index contributed by atoms with van der Waals surface area (Å²) in [6.07, 6.45) is -9.71. The van der Waals surface area contributed by atoms with Crippen LogP contribution in [0.3, 0.4) is 0 Å². The third-order valence-electron chi connectivity index (χ3n) is 13.0. The van der Waals surface area contributed by atoms with Crippen molar-refractivity contribution in [1.29, 1.82) is 0 Å². The second-order valence-electron chi connectivity index (χ2n) is 17.7. The molecule has 2 aromatic heterocycles. The number of benzene rings is 9. The van der Waals surface area contributed by atoms with E-state index in [0.717, 1.165) is 67.4 Å². The van der Waals surface area contributed by atoms with Crippen molar-refractivity contribution in [2.24, 2.45) is 0 Å². The smallest absolute Gasteiger partial charge is 0.308 e. The summed E-state index contributed by atoms with van der Waals surface area (Å²) in [4.78, 5) is 10.1. The summed E-state index contributed by atoms with van der Waals surface area (Å²) in [5.74, 6) is 0.112. The van der Waals surface area contributed by atoms with Gasteiger partial charge >= 0.3 is 12.4 Å². The van der Waals surface area contributed by atoms with E-state index in [1.54, 1.807) is 12.1 Å². The molecule has 0 aliphatic heterocycles. The number of fused-ring (bicyclic) bond motifs is 3. The lowest BCUT2D eigenvalue weighted by Gasteiger charge is -2.24. The normalized spacial score (nSPS) is 11.9. The van der Waals surface area contributed by atoms with E-state index in [2.05, 4.69) is 0 Å². The Morgan fingerprint density at radius 3 is 1.13 bits per heavy atom. The maximum Gasteiger partial charge on any atom is 0.417 e. The van der Waals surface area contributed by atoms with Crippen LogP contribution >= 0.6 is 0 Å². The maximum atomic E-state index is 15.5. The molecule has 11 aromatic rings. The largest absolute Gasteiger partial charge is 0.417 e. The first-order chi connectivity index (χ1) is 34.3. The summed E-state index contributed by atoms with van der Waals surface area (Å²) < 4.78 is 95.1. The molecule has 0 aliphatic carbocycles. The SMILES string of the molecule is Cc1ccc(-c2ccc3c(c2)c2cc(-c4ccc(C)cc4)ccc2n3-c2c(-c3ccccc3C(F)(F)F)cc(-c3nc(-c4ccccc4)cc(-c4ccccc4)n3)cc2-c2ccccc2C(F)(F)F)cc1. The number of hydrogen-bond donors (Lipinski definition) is 0. The monoisotopic (exact) mass is 941 g/mol. The Hall–Kier alpha value is -8.56. The molecular formula is C62H41F6N3. The van der Waals surface area contributed by atoms with Gasteiger partial charge < -0.3 is 4.57 Å². The van der Waals surface area contributed by atoms with Gasteiger partial charge in [0.2, 0.25) is 0 Å². The molecule has 3 nitrogen and oxygen atoms in total. The zero-order chi connectivity index (χ0) is 49.0. The van der Waals surface area contributed by atoms with Crippen LogP contribution in [0.25, 0.3) is 106 Å². The van der Waals surface area contributed by atoms with Crippen LogP contribution in [0.5, 0.6) is 0 Å². The second-order valence-corrected chi connectivity index (χ2v) is 17.7. The van der Waals surface area contributed by atoms with Crippen LogP contribution in [0.15, 0.2) is 212 Å². The Morgan fingerprint density at radius 2 is 0.718 bits per heavy atom. The molecule has 0 aliphatic rings. The minimum absolute atomic E-state index is 0.0291. The summed E-state index contributed by atoms with van der Waals surface area (Å²) >= 11 is 0. The first kappa shape index (κ1) is 44.9. The van der Waals surface area contributed by atoms with Crippen LogP contribution in [-0.4, -0.2) is 14.5 Å². The van der Waals surface area contributed by atoms with Crippen LogP contribution in [-0.2, 0) is 12.4 Å². The molecule has 9 heteroatoms. The van der Waals surface area contributed by atoms with Crippen LogP contribution in [0.1, 0.15) is 22.3 Å². The highest BCUT2D eigenvalue weighted by Crippen LogP contribution is 2.49. The summed E-state index contributed by atoms with van der Waals surface area (Å²) in [5, 5.41) is 1.51. The fraction of sp³-hybridized carbons (Fsp3) is 0.0645. The van der Waals surface area contributed by atoms with E-state index in [0.29, 0.717) is 22.4 Å². The lowest BCUT2D eigenvalue weighted by Crippen LogP contribution is -2.11. The van der Waals surface area contributed by atoms with E-state index in [1.165, 1.54) is 36.4 Å². The van der Waals surface area contributed by atoms with Crippen LogP contribution in [0.2, 0.25) is 0 Å². The van der Waals surface area contributed by atoms with Gasteiger partial charge in [0.25, 0.3) is 0 Å². The average Bonchev–Trinajstić information content (AvgIpc) is 3.71. The molecule has 0 unspecified atom stereocenters. The fourth-order valence-corrected chi connectivity index (χ4v) is 9.55. The molecule has 9 aromatic carbocycles. The van der Waals surface area contributed by atoms with Crippen molar-refractivity contribution < 1.29 is 26.3 Å². The molecule has 0 spiro atoms. The fourth-order valence-electron chi connectivity index (χ4n) is 9.55. The molecule has 0 saturated carbocycles. The first-order valence-electron chi connectivity index (χ1n) is 23.0. The third kappa shape index (κ3) is 8.54. The molecule has 0 amide bonds. The summed E-state index contributed by atoms with van der Waals surface area (Å²) in [7, 11) is 0. The van der Waals surface area contributed by atoms with Gasteiger partial charge in [0.1, 0.15) is 0 Å². The van der Waals surface area contributed by atoms with E-state index < -0.39 is 23.5 Å². The van der Waals surface area contributed by atoms with Gasteiger partial charge in [-0.3, -0.25) is 0 Å². The van der Waals surface area contributed by atoms with E-state index in [4.69, 9.17) is 9.97 Å². The Bertz CT molecular complexity index is 3540. The zero-order valence-electron chi connectivity index (χ0n) is 38.3. The molecule has 0 atom stereocenters. The minimum Gasteiger partial charge on any atom is -0.308 e. The van der Waals surface area contributed by atoms with Gasteiger partial charge in [-0.25, -0.2) is 9.97 Å². The number of aromatic nitrogens is 3. The predicted octanol–water partition coefficient (Wildman–Crippen LogP) is 17.9. The van der Waals surface area contributed by atoms with Gasteiger partial charge in [0.15, 0.2) is 5.82 Å². The summed E-state index contributed by atoms with van der Waals surface area (Å²) in [6, 6.07) is 62.2. The molecule has 71 heavy (non-hydrogen) atoms. The van der Waals surface area contributed by atoms with Gasteiger partial charge in [0, 0.05) is 38.6 Å². The van der Waals surface area contributed by atoms with E-state index in [9.17, 15) is 0 Å². The van der Waals surface area contributed by atoms with Crippen molar-refractivity contribution >= 4 is 21.8 Å². The van der Waals surface area contributed by atoms with Crippen molar-refractivity contribution in [3.8, 4) is 84.1 Å². The highest BCUT2D eigenvalue weighted by Gasteiger charge is 2.37.